The molecule has 1 aliphatic rings. The van der Waals surface area contributed by atoms with Crippen molar-refractivity contribution in [3.05, 3.63) is 107 Å². The maximum Gasteiger partial charge on any atom is 0.315 e. The first-order valence-electron chi connectivity index (χ1n) is 14.6. The summed E-state index contributed by atoms with van der Waals surface area (Å²) < 4.78 is 4.92. The molecular weight excluding hydrogens is 494 g/mol. The van der Waals surface area contributed by atoms with Gasteiger partial charge in [0.1, 0.15) is 0 Å². The van der Waals surface area contributed by atoms with Gasteiger partial charge in [-0.3, -0.25) is 9.59 Å². The molecule has 0 bridgehead atoms. The van der Waals surface area contributed by atoms with E-state index in [1.807, 2.05) is 38.1 Å². The predicted molar refractivity (Wildman–Crippen MR) is 163 cm³/mol. The minimum Gasteiger partial charge on any atom is -0.468 e. The van der Waals surface area contributed by atoms with E-state index in [0.717, 1.165) is 50.9 Å². The minimum atomic E-state index is -0.737. The molecule has 0 radical (unpaired) electrons. The predicted octanol–water partition coefficient (Wildman–Crippen LogP) is 7.60. The van der Waals surface area contributed by atoms with Crippen LogP contribution in [-0.4, -0.2) is 43.4 Å². The zero-order valence-corrected chi connectivity index (χ0v) is 24.9. The fourth-order valence-corrected chi connectivity index (χ4v) is 6.38. The molecule has 3 aromatic rings. The first kappa shape index (κ1) is 29.7. The van der Waals surface area contributed by atoms with Crippen LogP contribution in [0.3, 0.4) is 0 Å². The van der Waals surface area contributed by atoms with Crippen LogP contribution in [0.5, 0.6) is 0 Å². The lowest BCUT2D eigenvalue weighted by Crippen LogP contribution is -2.42. The molecule has 212 valence electrons. The number of esters is 1. The van der Waals surface area contributed by atoms with Crippen LogP contribution in [-0.2, 0) is 20.4 Å². The number of rotatable bonds is 11. The number of hydrogen-bond donors (Lipinski definition) is 0. The third-order valence-electron chi connectivity index (χ3n) is 9.17. The first-order valence-corrected chi connectivity index (χ1v) is 14.6. The van der Waals surface area contributed by atoms with Gasteiger partial charge in [0.2, 0.25) is 0 Å². The molecule has 0 spiro atoms. The molecule has 0 atom stereocenters. The Kier molecular flexibility index (Phi) is 9.30. The molecule has 40 heavy (non-hydrogen) atoms. The summed E-state index contributed by atoms with van der Waals surface area (Å²) in [6.45, 7) is 11.6. The number of ether oxygens (including phenoxy) is 1. The van der Waals surface area contributed by atoms with Gasteiger partial charge in [0.25, 0.3) is 0 Å². The fourth-order valence-electron chi connectivity index (χ4n) is 6.38. The van der Waals surface area contributed by atoms with Crippen LogP contribution in [0.4, 0.5) is 0 Å². The molecule has 1 heterocycles. The highest BCUT2D eigenvalue weighted by molar-refractivity contribution is 5.96. The lowest BCUT2D eigenvalue weighted by atomic mass is 9.63. The molecule has 4 heteroatoms. The second-order valence-corrected chi connectivity index (χ2v) is 12.6. The molecule has 0 aromatic heterocycles. The lowest BCUT2D eigenvalue weighted by Gasteiger charge is -2.45. The average Bonchev–Trinajstić information content (AvgIpc) is 2.98. The number of methoxy groups -OCH3 is 1. The maximum atomic E-state index is 12.9. The molecule has 1 aliphatic heterocycles. The topological polar surface area (TPSA) is 46.6 Å². The quantitative estimate of drug-likeness (QED) is 0.186. The molecular formula is C36H45NO3. The van der Waals surface area contributed by atoms with Gasteiger partial charge in [-0.05, 0) is 81.3 Å². The summed E-state index contributed by atoms with van der Waals surface area (Å²) in [5, 5.41) is 0. The number of piperidine rings is 1. The van der Waals surface area contributed by atoms with E-state index < -0.39 is 5.41 Å². The van der Waals surface area contributed by atoms with Gasteiger partial charge in [-0.1, -0.05) is 98.8 Å². The van der Waals surface area contributed by atoms with Gasteiger partial charge >= 0.3 is 5.97 Å². The second-order valence-electron chi connectivity index (χ2n) is 12.6. The van der Waals surface area contributed by atoms with Crippen LogP contribution in [0.15, 0.2) is 84.9 Å². The SMILES string of the molecule is COC(=O)C(C)(C)c1ccc(C(=O)CCCN2CCC(C)(CC(C)(c3ccccc3)c3ccccc3)CC2)cc1. The molecule has 3 aromatic carbocycles. The normalized spacial score (nSPS) is 15.9. The standard InChI is InChI=1S/C36H45NO3/c1-34(2,33(39)40-5)29-20-18-28(19-21-29)32(38)17-12-24-37-25-22-35(3,23-26-37)27-36(4,30-13-8-6-9-14-30)31-15-10-7-11-16-31/h6-11,13-16,18-21H,12,17,22-27H2,1-5H3. The van der Waals surface area contributed by atoms with Crippen molar-refractivity contribution in [2.45, 2.75) is 70.6 Å². The third kappa shape index (κ3) is 6.72. The lowest BCUT2D eigenvalue weighted by molar-refractivity contribution is -0.146. The summed E-state index contributed by atoms with van der Waals surface area (Å²) in [5.41, 5.74) is 3.80. The zero-order valence-electron chi connectivity index (χ0n) is 24.9. The van der Waals surface area contributed by atoms with Gasteiger partial charge in [0.15, 0.2) is 5.78 Å². The molecule has 0 saturated carbocycles. The van der Waals surface area contributed by atoms with Gasteiger partial charge in [0, 0.05) is 17.4 Å². The number of nitrogens with zero attached hydrogens (tertiary/aromatic N) is 1. The molecule has 1 saturated heterocycles. The van der Waals surface area contributed by atoms with E-state index in [1.54, 1.807) is 0 Å². The molecule has 4 rings (SSSR count). The largest absolute Gasteiger partial charge is 0.468 e. The number of carbonyl (C=O) groups is 2. The van der Waals surface area contributed by atoms with Crippen molar-refractivity contribution in [1.82, 2.24) is 4.90 Å². The van der Waals surface area contributed by atoms with E-state index in [0.29, 0.717) is 12.0 Å². The van der Waals surface area contributed by atoms with Crippen molar-refractivity contribution in [1.29, 1.82) is 0 Å². The fraction of sp³-hybridized carbons (Fsp3) is 0.444. The Hall–Kier alpha value is -3.24. The van der Waals surface area contributed by atoms with Crippen LogP contribution >= 0.6 is 0 Å². The highest BCUT2D eigenvalue weighted by Crippen LogP contribution is 2.46. The monoisotopic (exact) mass is 539 g/mol. The molecule has 0 N–H and O–H groups in total. The number of carbonyl (C=O) groups excluding carboxylic acids is 2. The van der Waals surface area contributed by atoms with Crippen LogP contribution in [0.2, 0.25) is 0 Å². The Labute approximate surface area is 240 Å². The van der Waals surface area contributed by atoms with Crippen molar-refractivity contribution >= 4 is 11.8 Å². The van der Waals surface area contributed by atoms with Crippen molar-refractivity contribution in [2.24, 2.45) is 5.41 Å². The summed E-state index contributed by atoms with van der Waals surface area (Å²) in [6, 6.07) is 29.3. The number of hydrogen-bond acceptors (Lipinski definition) is 4. The Bertz CT molecular complexity index is 1220. The number of Topliss-reactive ketones (excluding diaryl/α,β-unsaturated/α-hetero) is 1. The van der Waals surface area contributed by atoms with E-state index in [4.69, 9.17) is 4.74 Å². The van der Waals surface area contributed by atoms with Crippen LogP contribution in [0, 0.1) is 5.41 Å². The minimum absolute atomic E-state index is 0.0343. The summed E-state index contributed by atoms with van der Waals surface area (Å²) in [7, 11) is 1.40. The smallest absolute Gasteiger partial charge is 0.315 e. The van der Waals surface area contributed by atoms with Crippen molar-refractivity contribution in [3.8, 4) is 0 Å². The summed E-state index contributed by atoms with van der Waals surface area (Å²) >= 11 is 0. The van der Waals surface area contributed by atoms with E-state index >= 15 is 0 Å². The van der Waals surface area contributed by atoms with Gasteiger partial charge in [-0.15, -0.1) is 0 Å². The van der Waals surface area contributed by atoms with Crippen LogP contribution < -0.4 is 0 Å². The van der Waals surface area contributed by atoms with Gasteiger partial charge < -0.3 is 9.64 Å². The van der Waals surface area contributed by atoms with Gasteiger partial charge in [-0.2, -0.15) is 0 Å². The van der Waals surface area contributed by atoms with E-state index in [9.17, 15) is 9.59 Å². The van der Waals surface area contributed by atoms with E-state index in [2.05, 4.69) is 79.4 Å². The first-order chi connectivity index (χ1) is 19.1. The summed E-state index contributed by atoms with van der Waals surface area (Å²) in [5.74, 6) is -0.125. The Morgan fingerprint density at radius 2 is 1.32 bits per heavy atom. The van der Waals surface area contributed by atoms with Crippen molar-refractivity contribution in [2.75, 3.05) is 26.7 Å². The van der Waals surface area contributed by atoms with Crippen LogP contribution in [0.1, 0.15) is 86.8 Å². The zero-order chi connectivity index (χ0) is 28.8. The number of benzene rings is 3. The third-order valence-corrected chi connectivity index (χ3v) is 9.17. The van der Waals surface area contributed by atoms with Crippen molar-refractivity contribution in [3.63, 3.8) is 0 Å². The maximum absolute atomic E-state index is 12.9. The molecule has 1 fully saturated rings. The van der Waals surface area contributed by atoms with E-state index in [-0.39, 0.29) is 22.6 Å². The second kappa shape index (κ2) is 12.5. The number of likely N-dealkylation sites (tertiary alicyclic amines) is 1. The van der Waals surface area contributed by atoms with Crippen molar-refractivity contribution < 1.29 is 14.3 Å². The Balaban J connectivity index is 1.30. The van der Waals surface area contributed by atoms with Gasteiger partial charge in [0.05, 0.1) is 12.5 Å². The average molecular weight is 540 g/mol. The molecule has 0 unspecified atom stereocenters. The summed E-state index contributed by atoms with van der Waals surface area (Å²) in [6.07, 6.45) is 4.83. The number of ketones is 1. The van der Waals surface area contributed by atoms with Gasteiger partial charge in [-0.25, -0.2) is 0 Å². The molecule has 0 aliphatic carbocycles. The van der Waals surface area contributed by atoms with Crippen LogP contribution in [0.25, 0.3) is 0 Å². The summed E-state index contributed by atoms with van der Waals surface area (Å²) in [4.78, 5) is 27.5. The Morgan fingerprint density at radius 3 is 1.82 bits per heavy atom. The molecule has 4 nitrogen and oxygen atoms in total. The van der Waals surface area contributed by atoms with E-state index in [1.165, 1.54) is 18.2 Å². The highest BCUT2D eigenvalue weighted by atomic mass is 16.5. The molecule has 0 amide bonds. The highest BCUT2D eigenvalue weighted by Gasteiger charge is 2.39. The Morgan fingerprint density at radius 1 is 0.800 bits per heavy atom.